The topological polar surface area (TPSA) is 48.1 Å². The number of halogens is 3. The Balaban J connectivity index is 2.38. The van der Waals surface area contributed by atoms with E-state index in [1.807, 2.05) is 0 Å². The SMILES string of the molecule is Nc1cccc(F)c1Oc1ncc(Cl)cc1Cl. The highest BCUT2D eigenvalue weighted by Crippen LogP contribution is 2.33. The van der Waals surface area contributed by atoms with Crippen LogP contribution in [0.1, 0.15) is 0 Å². The van der Waals surface area contributed by atoms with E-state index in [2.05, 4.69) is 4.98 Å². The molecule has 0 aliphatic rings. The molecule has 0 aliphatic heterocycles. The van der Waals surface area contributed by atoms with E-state index >= 15 is 0 Å². The highest BCUT2D eigenvalue weighted by atomic mass is 35.5. The molecule has 1 heterocycles. The van der Waals surface area contributed by atoms with Crippen molar-refractivity contribution >= 4 is 28.9 Å². The van der Waals surface area contributed by atoms with Crippen molar-refractivity contribution in [2.24, 2.45) is 0 Å². The average molecular weight is 273 g/mol. The van der Waals surface area contributed by atoms with Crippen LogP contribution >= 0.6 is 23.2 Å². The van der Waals surface area contributed by atoms with E-state index in [0.717, 1.165) is 0 Å². The molecular formula is C11H7Cl2FN2O. The monoisotopic (exact) mass is 272 g/mol. The fourth-order valence-electron chi connectivity index (χ4n) is 1.21. The highest BCUT2D eigenvalue weighted by Gasteiger charge is 2.12. The summed E-state index contributed by atoms with van der Waals surface area (Å²) in [6, 6.07) is 5.68. The molecule has 0 fully saturated rings. The lowest BCUT2D eigenvalue weighted by molar-refractivity contribution is 0.430. The van der Waals surface area contributed by atoms with Crippen molar-refractivity contribution in [1.82, 2.24) is 4.98 Å². The summed E-state index contributed by atoms with van der Waals surface area (Å²) in [5, 5.41) is 0.545. The number of para-hydroxylation sites is 1. The minimum atomic E-state index is -0.585. The molecule has 0 atom stereocenters. The van der Waals surface area contributed by atoms with E-state index in [0.29, 0.717) is 5.02 Å². The van der Waals surface area contributed by atoms with E-state index < -0.39 is 5.82 Å². The van der Waals surface area contributed by atoms with Gasteiger partial charge >= 0.3 is 0 Å². The Morgan fingerprint density at radius 2 is 2.06 bits per heavy atom. The second kappa shape index (κ2) is 4.77. The van der Waals surface area contributed by atoms with Crippen LogP contribution in [0.3, 0.4) is 0 Å². The quantitative estimate of drug-likeness (QED) is 0.844. The van der Waals surface area contributed by atoms with Crippen LogP contribution in [0.15, 0.2) is 30.5 Å². The van der Waals surface area contributed by atoms with Gasteiger partial charge in [-0.25, -0.2) is 9.37 Å². The van der Waals surface area contributed by atoms with Gasteiger partial charge in [0.1, 0.15) is 5.02 Å². The summed E-state index contributed by atoms with van der Waals surface area (Å²) in [4.78, 5) is 3.85. The van der Waals surface area contributed by atoms with Crippen molar-refractivity contribution in [2.45, 2.75) is 0 Å². The van der Waals surface area contributed by atoms with Gasteiger partial charge in [-0.2, -0.15) is 0 Å². The maximum atomic E-state index is 13.4. The summed E-state index contributed by atoms with van der Waals surface area (Å²) in [5.41, 5.74) is 5.75. The van der Waals surface area contributed by atoms with E-state index in [9.17, 15) is 4.39 Å². The maximum Gasteiger partial charge on any atom is 0.238 e. The molecule has 0 spiro atoms. The molecule has 0 saturated carbocycles. The van der Waals surface area contributed by atoms with Gasteiger partial charge in [0.05, 0.1) is 10.7 Å². The predicted octanol–water partition coefficient (Wildman–Crippen LogP) is 3.90. The van der Waals surface area contributed by atoms with Crippen molar-refractivity contribution in [3.8, 4) is 11.6 Å². The molecule has 1 aromatic carbocycles. The molecule has 2 aromatic rings. The number of hydrogen-bond donors (Lipinski definition) is 1. The first-order chi connectivity index (χ1) is 8.08. The number of hydrogen-bond acceptors (Lipinski definition) is 3. The molecule has 88 valence electrons. The number of nitrogen functional groups attached to an aromatic ring is 1. The lowest BCUT2D eigenvalue weighted by Crippen LogP contribution is -1.96. The molecule has 0 saturated heterocycles. The van der Waals surface area contributed by atoms with Crippen molar-refractivity contribution in [3.05, 3.63) is 46.3 Å². The Morgan fingerprint density at radius 3 is 2.71 bits per heavy atom. The summed E-state index contributed by atoms with van der Waals surface area (Å²) < 4.78 is 18.7. The van der Waals surface area contributed by atoms with Crippen LogP contribution in [0.4, 0.5) is 10.1 Å². The molecule has 2 rings (SSSR count). The predicted molar refractivity (Wildman–Crippen MR) is 65.1 cm³/mol. The number of nitrogens with two attached hydrogens (primary N) is 1. The fraction of sp³-hybridized carbons (Fsp3) is 0. The molecule has 0 bridgehead atoms. The first kappa shape index (κ1) is 12.0. The van der Waals surface area contributed by atoms with Crippen LogP contribution in [0.5, 0.6) is 11.6 Å². The molecule has 6 heteroatoms. The van der Waals surface area contributed by atoms with Crippen LogP contribution in [-0.4, -0.2) is 4.98 Å². The van der Waals surface area contributed by atoms with Gasteiger partial charge in [-0.3, -0.25) is 0 Å². The van der Waals surface area contributed by atoms with E-state index in [1.165, 1.54) is 30.5 Å². The van der Waals surface area contributed by atoms with E-state index in [4.69, 9.17) is 33.7 Å². The lowest BCUT2D eigenvalue weighted by atomic mass is 10.3. The Bertz CT molecular complexity index is 543. The Kier molecular flexibility index (Phi) is 3.36. The Hall–Kier alpha value is -1.52. The molecule has 0 aliphatic carbocycles. The molecule has 0 unspecified atom stereocenters. The molecule has 0 amide bonds. The van der Waals surface area contributed by atoms with Crippen molar-refractivity contribution in [1.29, 1.82) is 0 Å². The molecule has 17 heavy (non-hydrogen) atoms. The van der Waals surface area contributed by atoms with E-state index in [1.54, 1.807) is 0 Å². The third-order valence-corrected chi connectivity index (χ3v) is 2.45. The zero-order valence-corrected chi connectivity index (χ0v) is 9.97. The third-order valence-electron chi connectivity index (χ3n) is 1.97. The first-order valence-corrected chi connectivity index (χ1v) is 5.36. The summed E-state index contributed by atoms with van der Waals surface area (Å²) in [5.74, 6) is -0.644. The van der Waals surface area contributed by atoms with Gasteiger partial charge in [-0.1, -0.05) is 29.3 Å². The van der Waals surface area contributed by atoms with Crippen LogP contribution < -0.4 is 10.5 Å². The fourth-order valence-corrected chi connectivity index (χ4v) is 1.63. The summed E-state index contributed by atoms with van der Waals surface area (Å²) >= 11 is 11.5. The minimum Gasteiger partial charge on any atom is -0.432 e. The second-order valence-corrected chi connectivity index (χ2v) is 4.04. The molecule has 2 N–H and O–H groups in total. The molecule has 1 aromatic heterocycles. The van der Waals surface area contributed by atoms with Crippen LogP contribution in [-0.2, 0) is 0 Å². The zero-order valence-electron chi connectivity index (χ0n) is 8.45. The van der Waals surface area contributed by atoms with Crippen molar-refractivity contribution < 1.29 is 9.13 Å². The highest BCUT2D eigenvalue weighted by molar-refractivity contribution is 6.35. The van der Waals surface area contributed by atoms with Gasteiger partial charge in [0.15, 0.2) is 11.6 Å². The van der Waals surface area contributed by atoms with E-state index in [-0.39, 0.29) is 22.3 Å². The first-order valence-electron chi connectivity index (χ1n) is 4.61. The smallest absolute Gasteiger partial charge is 0.238 e. The number of rotatable bonds is 2. The maximum absolute atomic E-state index is 13.4. The van der Waals surface area contributed by atoms with Gasteiger partial charge in [0.2, 0.25) is 5.88 Å². The van der Waals surface area contributed by atoms with Crippen molar-refractivity contribution in [3.63, 3.8) is 0 Å². The number of pyridine rings is 1. The van der Waals surface area contributed by atoms with Crippen LogP contribution in [0.25, 0.3) is 0 Å². The summed E-state index contributed by atoms with van der Waals surface area (Å²) in [7, 11) is 0. The lowest BCUT2D eigenvalue weighted by Gasteiger charge is -2.09. The minimum absolute atomic E-state index is 0.0490. The number of anilines is 1. The van der Waals surface area contributed by atoms with Crippen LogP contribution in [0, 0.1) is 5.82 Å². The summed E-state index contributed by atoms with van der Waals surface area (Å²) in [6.07, 6.45) is 1.35. The number of ether oxygens (including phenoxy) is 1. The molecular weight excluding hydrogens is 266 g/mol. The number of benzene rings is 1. The second-order valence-electron chi connectivity index (χ2n) is 3.20. The largest absolute Gasteiger partial charge is 0.432 e. The zero-order chi connectivity index (χ0) is 12.4. The van der Waals surface area contributed by atoms with Gasteiger partial charge < -0.3 is 10.5 Å². The Morgan fingerprint density at radius 1 is 1.29 bits per heavy atom. The van der Waals surface area contributed by atoms with Gasteiger partial charge in [0.25, 0.3) is 0 Å². The average Bonchev–Trinajstić information content (AvgIpc) is 2.26. The molecule has 0 radical (unpaired) electrons. The van der Waals surface area contributed by atoms with Gasteiger partial charge in [-0.05, 0) is 18.2 Å². The third kappa shape index (κ3) is 2.60. The van der Waals surface area contributed by atoms with Gasteiger partial charge in [-0.15, -0.1) is 0 Å². The van der Waals surface area contributed by atoms with Gasteiger partial charge in [0, 0.05) is 6.20 Å². The number of nitrogens with zero attached hydrogens (tertiary/aromatic N) is 1. The summed E-state index contributed by atoms with van der Waals surface area (Å²) in [6.45, 7) is 0. The standard InChI is InChI=1S/C11H7Cl2FN2O/c12-6-4-7(13)11(16-5-6)17-10-8(14)2-1-3-9(10)15/h1-5H,15H2. The normalized spacial score (nSPS) is 10.3. The van der Waals surface area contributed by atoms with Crippen LogP contribution in [0.2, 0.25) is 10.0 Å². The number of aromatic nitrogens is 1. The Labute approximate surface area is 107 Å². The van der Waals surface area contributed by atoms with Crippen molar-refractivity contribution in [2.75, 3.05) is 5.73 Å². The molecule has 3 nitrogen and oxygen atoms in total.